The molecular weight excluding hydrogens is 334 g/mol. The molecule has 1 atom stereocenters. The zero-order valence-corrected chi connectivity index (χ0v) is 14.3. The number of amides is 1. The molecule has 1 amide bonds. The van der Waals surface area contributed by atoms with Crippen molar-refractivity contribution in [3.05, 3.63) is 60.4 Å². The molecule has 6 heteroatoms. The van der Waals surface area contributed by atoms with Crippen LogP contribution in [0.5, 0.6) is 5.88 Å². The number of benzene rings is 1. The average Bonchev–Trinajstić information content (AvgIpc) is 3.15. The molecule has 1 saturated heterocycles. The predicted molar refractivity (Wildman–Crippen MR) is 100 cm³/mol. The summed E-state index contributed by atoms with van der Waals surface area (Å²) >= 11 is 1.86. The van der Waals surface area contributed by atoms with Crippen LogP contribution in [0.2, 0.25) is 0 Å². The van der Waals surface area contributed by atoms with E-state index < -0.39 is 0 Å². The maximum atomic E-state index is 12.8. The zero-order valence-electron chi connectivity index (χ0n) is 13.5. The average molecular weight is 351 g/mol. The van der Waals surface area contributed by atoms with Gasteiger partial charge in [-0.1, -0.05) is 18.2 Å². The van der Waals surface area contributed by atoms with Crippen molar-refractivity contribution in [1.29, 1.82) is 0 Å². The minimum absolute atomic E-state index is 0.116. The third-order valence-corrected chi connectivity index (χ3v) is 5.19. The van der Waals surface area contributed by atoms with E-state index in [1.807, 2.05) is 42.1 Å². The van der Waals surface area contributed by atoms with Gasteiger partial charge in [0.25, 0.3) is 5.91 Å². The summed E-state index contributed by atoms with van der Waals surface area (Å²) in [6.07, 6.45) is 4.46. The molecule has 2 aromatic heterocycles. The van der Waals surface area contributed by atoms with Crippen LogP contribution in [-0.2, 0) is 0 Å². The van der Waals surface area contributed by atoms with E-state index in [9.17, 15) is 4.79 Å². The van der Waals surface area contributed by atoms with Crippen molar-refractivity contribution >= 4 is 34.3 Å². The molecule has 1 aromatic carbocycles. The molecule has 126 valence electrons. The first kappa shape index (κ1) is 15.9. The Morgan fingerprint density at radius 3 is 2.84 bits per heavy atom. The fourth-order valence-electron chi connectivity index (χ4n) is 2.82. The van der Waals surface area contributed by atoms with E-state index in [1.54, 1.807) is 24.5 Å². The number of nitrogens with one attached hydrogen (secondary N) is 1. The Morgan fingerprint density at radius 2 is 1.96 bits per heavy atom. The maximum Gasteiger partial charge on any atom is 0.261 e. The molecule has 1 unspecified atom stereocenters. The summed E-state index contributed by atoms with van der Waals surface area (Å²) in [6, 6.07) is 13.0. The van der Waals surface area contributed by atoms with Crippen LogP contribution < -0.4 is 10.1 Å². The van der Waals surface area contributed by atoms with Crippen LogP contribution in [0.4, 0.5) is 5.69 Å². The molecule has 3 heterocycles. The van der Waals surface area contributed by atoms with Crippen LogP contribution in [0.15, 0.2) is 54.9 Å². The number of carbonyl (C=O) groups is 1. The van der Waals surface area contributed by atoms with Crippen molar-refractivity contribution in [2.75, 3.05) is 16.8 Å². The standard InChI is InChI=1S/C19H17N3O2S/c23-18(22-16-7-1-4-13-5-2-9-20-17(13)16)15-6-3-10-21-19(15)24-14-8-11-25-12-14/h1-7,9-10,14H,8,11-12H2,(H,22,23). The Kier molecular flexibility index (Phi) is 4.52. The number of carbonyl (C=O) groups excluding carboxylic acids is 1. The number of fused-ring (bicyclic) bond motifs is 1. The number of hydrogen-bond donors (Lipinski definition) is 1. The van der Waals surface area contributed by atoms with E-state index in [4.69, 9.17) is 4.74 Å². The summed E-state index contributed by atoms with van der Waals surface area (Å²) in [5, 5.41) is 3.92. The van der Waals surface area contributed by atoms with Gasteiger partial charge in [-0.25, -0.2) is 4.98 Å². The molecular formula is C19H17N3O2S. The van der Waals surface area contributed by atoms with E-state index in [0.29, 0.717) is 17.1 Å². The van der Waals surface area contributed by atoms with Gasteiger partial charge in [0.2, 0.25) is 5.88 Å². The van der Waals surface area contributed by atoms with Gasteiger partial charge in [-0.2, -0.15) is 11.8 Å². The zero-order chi connectivity index (χ0) is 17.1. The SMILES string of the molecule is O=C(Nc1cccc2cccnc12)c1cccnc1OC1CCSC1. The first-order valence-corrected chi connectivity index (χ1v) is 9.31. The molecule has 0 aliphatic carbocycles. The number of aromatic nitrogens is 2. The number of para-hydroxylation sites is 1. The molecule has 0 saturated carbocycles. The van der Waals surface area contributed by atoms with Gasteiger partial charge in [0.15, 0.2) is 0 Å². The molecule has 1 aliphatic heterocycles. The highest BCUT2D eigenvalue weighted by atomic mass is 32.2. The first-order chi connectivity index (χ1) is 12.3. The molecule has 0 bridgehead atoms. The Morgan fingerprint density at radius 1 is 1.12 bits per heavy atom. The third-order valence-electron chi connectivity index (χ3n) is 4.06. The van der Waals surface area contributed by atoms with Gasteiger partial charge < -0.3 is 10.1 Å². The number of anilines is 1. The normalized spacial score (nSPS) is 16.7. The van der Waals surface area contributed by atoms with Crippen molar-refractivity contribution in [2.24, 2.45) is 0 Å². The monoisotopic (exact) mass is 351 g/mol. The van der Waals surface area contributed by atoms with Crippen molar-refractivity contribution in [2.45, 2.75) is 12.5 Å². The number of hydrogen-bond acceptors (Lipinski definition) is 5. The second-order valence-electron chi connectivity index (χ2n) is 5.79. The van der Waals surface area contributed by atoms with Crippen molar-refractivity contribution < 1.29 is 9.53 Å². The first-order valence-electron chi connectivity index (χ1n) is 8.16. The Balaban J connectivity index is 1.60. The summed E-state index contributed by atoms with van der Waals surface area (Å²) in [7, 11) is 0. The van der Waals surface area contributed by atoms with Crippen LogP contribution in [-0.4, -0.2) is 33.5 Å². The molecule has 1 aliphatic rings. The molecule has 1 N–H and O–H groups in total. The van der Waals surface area contributed by atoms with E-state index >= 15 is 0 Å². The lowest BCUT2D eigenvalue weighted by molar-refractivity contribution is 0.101. The van der Waals surface area contributed by atoms with Gasteiger partial charge in [0.05, 0.1) is 11.2 Å². The van der Waals surface area contributed by atoms with Gasteiger partial charge >= 0.3 is 0 Å². The molecule has 0 spiro atoms. The lowest BCUT2D eigenvalue weighted by Gasteiger charge is -2.15. The lowest BCUT2D eigenvalue weighted by Crippen LogP contribution is -2.20. The second kappa shape index (κ2) is 7.11. The van der Waals surface area contributed by atoms with E-state index in [2.05, 4.69) is 15.3 Å². The maximum absolute atomic E-state index is 12.8. The number of pyridine rings is 2. The van der Waals surface area contributed by atoms with Gasteiger partial charge in [0, 0.05) is 23.5 Å². The summed E-state index contributed by atoms with van der Waals surface area (Å²) in [6.45, 7) is 0. The van der Waals surface area contributed by atoms with Crippen LogP contribution >= 0.6 is 11.8 Å². The highest BCUT2D eigenvalue weighted by molar-refractivity contribution is 7.99. The minimum Gasteiger partial charge on any atom is -0.473 e. The highest BCUT2D eigenvalue weighted by Gasteiger charge is 2.21. The molecule has 1 fully saturated rings. The van der Waals surface area contributed by atoms with Crippen molar-refractivity contribution in [1.82, 2.24) is 9.97 Å². The van der Waals surface area contributed by atoms with Gasteiger partial charge in [-0.3, -0.25) is 9.78 Å². The number of nitrogens with zero attached hydrogens (tertiary/aromatic N) is 2. The smallest absolute Gasteiger partial charge is 0.261 e. The topological polar surface area (TPSA) is 64.1 Å². The second-order valence-corrected chi connectivity index (χ2v) is 6.94. The molecule has 25 heavy (non-hydrogen) atoms. The summed E-state index contributed by atoms with van der Waals surface area (Å²) in [5.41, 5.74) is 1.87. The molecule has 3 aromatic rings. The summed E-state index contributed by atoms with van der Waals surface area (Å²) in [5.74, 6) is 2.17. The molecule has 4 rings (SSSR count). The predicted octanol–water partition coefficient (Wildman–Crippen LogP) is 3.77. The van der Waals surface area contributed by atoms with E-state index in [0.717, 1.165) is 28.8 Å². The van der Waals surface area contributed by atoms with Crippen molar-refractivity contribution in [3.8, 4) is 5.88 Å². The Hall–Kier alpha value is -2.60. The van der Waals surface area contributed by atoms with Gasteiger partial charge in [-0.05, 0) is 36.4 Å². The lowest BCUT2D eigenvalue weighted by atomic mass is 10.2. The van der Waals surface area contributed by atoms with E-state index in [-0.39, 0.29) is 12.0 Å². The minimum atomic E-state index is -0.244. The Labute approximate surface area is 149 Å². The Bertz CT molecular complexity index is 905. The van der Waals surface area contributed by atoms with Crippen LogP contribution in [0.25, 0.3) is 10.9 Å². The van der Waals surface area contributed by atoms with Crippen LogP contribution in [0.3, 0.4) is 0 Å². The van der Waals surface area contributed by atoms with Crippen LogP contribution in [0, 0.1) is 0 Å². The largest absolute Gasteiger partial charge is 0.473 e. The van der Waals surface area contributed by atoms with Gasteiger partial charge in [0.1, 0.15) is 11.7 Å². The quantitative estimate of drug-likeness (QED) is 0.775. The summed E-state index contributed by atoms with van der Waals surface area (Å²) < 4.78 is 5.94. The molecule has 5 nitrogen and oxygen atoms in total. The third kappa shape index (κ3) is 3.44. The number of thioether (sulfide) groups is 1. The summed E-state index contributed by atoms with van der Waals surface area (Å²) in [4.78, 5) is 21.4. The fourth-order valence-corrected chi connectivity index (χ4v) is 3.91. The van der Waals surface area contributed by atoms with Gasteiger partial charge in [-0.15, -0.1) is 0 Å². The number of rotatable bonds is 4. The van der Waals surface area contributed by atoms with E-state index in [1.165, 1.54) is 0 Å². The fraction of sp³-hybridized carbons (Fsp3) is 0.211. The molecule has 0 radical (unpaired) electrons. The van der Waals surface area contributed by atoms with Crippen molar-refractivity contribution in [3.63, 3.8) is 0 Å². The van der Waals surface area contributed by atoms with Crippen LogP contribution in [0.1, 0.15) is 16.8 Å². The number of ether oxygens (including phenoxy) is 1. The highest BCUT2D eigenvalue weighted by Crippen LogP contribution is 2.26.